The van der Waals surface area contributed by atoms with E-state index in [1.807, 2.05) is 60.7 Å². The van der Waals surface area contributed by atoms with Crippen LogP contribution in [0.4, 0.5) is 10.3 Å². The van der Waals surface area contributed by atoms with Crippen molar-refractivity contribution in [3.8, 4) is 0 Å². The van der Waals surface area contributed by atoms with Gasteiger partial charge in [-0.05, 0) is 24.0 Å². The second kappa shape index (κ2) is 13.0. The molecule has 45 heavy (non-hydrogen) atoms. The summed E-state index contributed by atoms with van der Waals surface area (Å²) >= 11 is 3.26. The second-order valence-electron chi connectivity index (χ2n) is 9.73. The lowest BCUT2D eigenvalue weighted by molar-refractivity contribution is -0.158. The first-order valence-corrected chi connectivity index (χ1v) is 15.9. The predicted octanol–water partition coefficient (Wildman–Crippen LogP) is 2.73. The number of nitrogens with two attached hydrogens (primary N) is 2. The van der Waals surface area contributed by atoms with Gasteiger partial charge in [0.1, 0.15) is 18.8 Å². The van der Waals surface area contributed by atoms with E-state index < -0.39 is 36.0 Å². The number of carbonyl (C=O) groups excluding carboxylic acids is 3. The Morgan fingerprint density at radius 2 is 1.76 bits per heavy atom. The Morgan fingerprint density at radius 3 is 2.33 bits per heavy atom. The molecule has 2 aromatic heterocycles. The van der Waals surface area contributed by atoms with Crippen LogP contribution in [-0.4, -0.2) is 67.1 Å². The molecule has 5 N–H and O–H groups in total. The molecule has 4 heterocycles. The number of nitrogens with one attached hydrogen (secondary N) is 1. The first-order chi connectivity index (χ1) is 21.8. The van der Waals surface area contributed by atoms with Gasteiger partial charge in [0.2, 0.25) is 16.7 Å². The van der Waals surface area contributed by atoms with Gasteiger partial charge in [-0.2, -0.15) is 9.36 Å². The molecule has 2 amide bonds. The summed E-state index contributed by atoms with van der Waals surface area (Å²) in [6, 6.07) is 17.2. The minimum Gasteiger partial charge on any atom is -0.448 e. The smallest absolute Gasteiger partial charge is 0.356 e. The minimum absolute atomic E-state index is 0.0313. The van der Waals surface area contributed by atoms with Crippen LogP contribution < -0.4 is 16.8 Å². The monoisotopic (exact) mass is 663 g/mol. The molecule has 230 valence electrons. The molecule has 2 atom stereocenters. The van der Waals surface area contributed by atoms with Crippen molar-refractivity contribution in [2.75, 3.05) is 18.6 Å². The Bertz CT molecular complexity index is 1760. The molecule has 0 unspecified atom stereocenters. The first-order valence-electron chi connectivity index (χ1n) is 13.5. The highest BCUT2D eigenvalue weighted by molar-refractivity contribution is 8.04. The van der Waals surface area contributed by atoms with E-state index in [4.69, 9.17) is 21.0 Å². The second-order valence-corrected chi connectivity index (χ2v) is 12.9. The van der Waals surface area contributed by atoms with Crippen molar-refractivity contribution >= 4 is 68.4 Å². The summed E-state index contributed by atoms with van der Waals surface area (Å²) in [4.78, 5) is 51.8. The summed E-state index contributed by atoms with van der Waals surface area (Å²) in [6.45, 7) is 0. The van der Waals surface area contributed by atoms with E-state index in [1.54, 1.807) is 0 Å². The highest BCUT2D eigenvalue weighted by Gasteiger charge is 2.54. The standard InChI is InChI=1S/C28H25N9O5S3/c1-41-35-19(22-32-26(29)45-36-22)23(38)31-18-16-12-13-17(43-28-34-33-27(30)44-28)20(37(16)24(18)39)25(40)42-21(14-8-4-2-5-9-14)15-10-6-3-7-11-15/h2-11,16,18,21H,12-13H2,1H3,(H2,30,33)(H,31,38)(H2,29,32,36)/t16-,18+/m1/s1. The van der Waals surface area contributed by atoms with E-state index in [0.717, 1.165) is 22.7 Å². The number of anilines is 2. The number of allylic oxidation sites excluding steroid dienone is 1. The van der Waals surface area contributed by atoms with Gasteiger partial charge in [0.15, 0.2) is 15.6 Å². The summed E-state index contributed by atoms with van der Waals surface area (Å²) in [5, 5.41) is 14.8. The number of rotatable bonds is 10. The number of oxime groups is 1. The third kappa shape index (κ3) is 6.22. The van der Waals surface area contributed by atoms with Crippen molar-refractivity contribution in [1.29, 1.82) is 0 Å². The van der Waals surface area contributed by atoms with Crippen molar-refractivity contribution in [2.45, 2.75) is 35.4 Å². The van der Waals surface area contributed by atoms with Crippen molar-refractivity contribution in [1.82, 2.24) is 29.8 Å². The lowest BCUT2D eigenvalue weighted by Crippen LogP contribution is -2.72. The molecule has 0 saturated carbocycles. The number of benzene rings is 2. The molecule has 0 aliphatic carbocycles. The number of β-lactam (4-membered cyclic amide) rings is 1. The molecule has 6 rings (SSSR count). The molecule has 0 bridgehead atoms. The van der Waals surface area contributed by atoms with E-state index in [2.05, 4.69) is 30.0 Å². The lowest BCUT2D eigenvalue weighted by atomic mass is 9.86. The Labute approximate surface area is 268 Å². The number of esters is 1. The number of thioether (sulfide) groups is 1. The maximum Gasteiger partial charge on any atom is 0.356 e. The number of aromatic nitrogens is 4. The number of amides is 2. The van der Waals surface area contributed by atoms with Gasteiger partial charge in [-0.1, -0.05) is 88.9 Å². The molecule has 4 aromatic rings. The van der Waals surface area contributed by atoms with Gasteiger partial charge in [0.25, 0.3) is 11.8 Å². The zero-order valence-corrected chi connectivity index (χ0v) is 26.0. The number of hydrogen-bond donors (Lipinski definition) is 3. The van der Waals surface area contributed by atoms with Gasteiger partial charge in [0.05, 0.1) is 6.04 Å². The number of nitrogen functional groups attached to an aromatic ring is 2. The van der Waals surface area contributed by atoms with E-state index in [0.29, 0.717) is 22.1 Å². The van der Waals surface area contributed by atoms with Crippen molar-refractivity contribution < 1.29 is 24.0 Å². The van der Waals surface area contributed by atoms with E-state index in [-0.39, 0.29) is 27.5 Å². The fourth-order valence-corrected chi connectivity index (χ4v) is 7.34. The molecular formula is C28H25N9O5S3. The summed E-state index contributed by atoms with van der Waals surface area (Å²) in [5.74, 6) is -1.94. The quantitative estimate of drug-likeness (QED) is 0.0971. The Balaban J connectivity index is 1.30. The molecule has 2 aromatic carbocycles. The Kier molecular flexibility index (Phi) is 8.72. The SMILES string of the molecule is CON=C(C(=O)N[C@@H]1C(=O)N2C(C(=O)OC(c3ccccc3)c3ccccc3)=C(Sc3nnc(N)s3)CC[C@H]12)c1nsc(N)n1. The van der Waals surface area contributed by atoms with Gasteiger partial charge < -0.3 is 26.4 Å². The zero-order chi connectivity index (χ0) is 31.5. The van der Waals surface area contributed by atoms with Crippen LogP contribution in [0.2, 0.25) is 0 Å². The van der Waals surface area contributed by atoms with Gasteiger partial charge in [0, 0.05) is 16.4 Å². The Morgan fingerprint density at radius 1 is 1.07 bits per heavy atom. The van der Waals surface area contributed by atoms with Gasteiger partial charge in [-0.15, -0.1) is 10.2 Å². The molecule has 1 fully saturated rings. The summed E-state index contributed by atoms with van der Waals surface area (Å²) in [6.07, 6.45) is 0.109. The fraction of sp³-hybridized carbons (Fsp3) is 0.214. The number of fused-ring (bicyclic) bond motifs is 1. The van der Waals surface area contributed by atoms with Crippen LogP contribution in [0.15, 0.2) is 80.8 Å². The Hall–Kier alpha value is -4.87. The van der Waals surface area contributed by atoms with Gasteiger partial charge in [-0.25, -0.2) is 4.79 Å². The molecule has 14 nitrogen and oxygen atoms in total. The van der Waals surface area contributed by atoms with Crippen LogP contribution in [0.25, 0.3) is 0 Å². The molecule has 2 aliphatic rings. The summed E-state index contributed by atoms with van der Waals surface area (Å²) in [5.41, 5.74) is 12.8. The van der Waals surface area contributed by atoms with Gasteiger partial charge in [-0.3, -0.25) is 14.5 Å². The van der Waals surface area contributed by atoms with Crippen molar-refractivity contribution in [3.05, 3.63) is 88.2 Å². The van der Waals surface area contributed by atoms with E-state index in [9.17, 15) is 14.4 Å². The lowest BCUT2D eigenvalue weighted by Gasteiger charge is -2.50. The maximum absolute atomic E-state index is 14.1. The highest BCUT2D eigenvalue weighted by Crippen LogP contribution is 2.45. The third-order valence-corrected chi connectivity index (χ3v) is 9.48. The third-order valence-electron chi connectivity index (χ3n) is 6.99. The van der Waals surface area contributed by atoms with E-state index >= 15 is 0 Å². The highest BCUT2D eigenvalue weighted by atomic mass is 32.2. The molecule has 1 saturated heterocycles. The van der Waals surface area contributed by atoms with Crippen molar-refractivity contribution in [2.24, 2.45) is 5.16 Å². The summed E-state index contributed by atoms with van der Waals surface area (Å²) < 4.78 is 10.7. The van der Waals surface area contributed by atoms with Crippen molar-refractivity contribution in [3.63, 3.8) is 0 Å². The van der Waals surface area contributed by atoms with Crippen LogP contribution in [-0.2, 0) is 24.0 Å². The number of nitrogens with zero attached hydrogens (tertiary/aromatic N) is 6. The molecule has 17 heteroatoms. The molecular weight excluding hydrogens is 639 g/mol. The van der Waals surface area contributed by atoms with E-state index in [1.165, 1.54) is 35.1 Å². The minimum atomic E-state index is -0.943. The number of ether oxygens (including phenoxy) is 1. The average Bonchev–Trinajstić information content (AvgIpc) is 3.68. The van der Waals surface area contributed by atoms with Crippen LogP contribution in [0, 0.1) is 0 Å². The number of hydrogen-bond acceptors (Lipinski definition) is 15. The largest absolute Gasteiger partial charge is 0.448 e. The van der Waals surface area contributed by atoms with Crippen LogP contribution in [0.1, 0.15) is 35.9 Å². The summed E-state index contributed by atoms with van der Waals surface area (Å²) in [7, 11) is 1.27. The average molecular weight is 664 g/mol. The maximum atomic E-state index is 14.1. The van der Waals surface area contributed by atoms with Crippen LogP contribution in [0.5, 0.6) is 0 Å². The molecule has 0 radical (unpaired) electrons. The first kappa shape index (κ1) is 30.2. The predicted molar refractivity (Wildman–Crippen MR) is 168 cm³/mol. The van der Waals surface area contributed by atoms with Crippen LogP contribution in [0.3, 0.4) is 0 Å². The zero-order valence-electron chi connectivity index (χ0n) is 23.5. The number of carbonyl (C=O) groups is 3. The van der Waals surface area contributed by atoms with Crippen LogP contribution >= 0.6 is 34.6 Å². The fourth-order valence-electron chi connectivity index (χ4n) is 5.05. The van der Waals surface area contributed by atoms with Gasteiger partial charge >= 0.3 is 5.97 Å². The molecule has 2 aliphatic heterocycles. The topological polar surface area (TPSA) is 201 Å². The molecule has 0 spiro atoms. The normalized spacial score (nSPS) is 18.0.